The molecule has 17 heavy (non-hydrogen) atoms. The third-order valence-corrected chi connectivity index (χ3v) is 2.10. The Morgan fingerprint density at radius 3 is 1.71 bits per heavy atom. The summed E-state index contributed by atoms with van der Waals surface area (Å²) in [4.78, 5) is 22.1. The number of halogens is 2. The van der Waals surface area contributed by atoms with Crippen molar-refractivity contribution >= 4 is 35.1 Å². The fourth-order valence-corrected chi connectivity index (χ4v) is 1.14. The van der Waals surface area contributed by atoms with Gasteiger partial charge in [-0.05, 0) is 6.92 Å². The molecule has 0 fully saturated rings. The molecule has 7 heteroatoms. The number of hydrogen-bond donors (Lipinski definition) is 1. The van der Waals surface area contributed by atoms with E-state index in [0.717, 1.165) is 0 Å². The normalized spacial score (nSPS) is 11.1. The number of ether oxygens (including phenoxy) is 2. The summed E-state index contributed by atoms with van der Waals surface area (Å²) in [6.45, 7) is 1.56. The smallest absolute Gasteiger partial charge is 0.307 e. The van der Waals surface area contributed by atoms with Crippen LogP contribution in [0.4, 0.5) is 0 Å². The molecule has 0 heterocycles. The molecule has 0 aromatic carbocycles. The summed E-state index contributed by atoms with van der Waals surface area (Å²) in [6.07, 6.45) is 0.257. The van der Waals surface area contributed by atoms with Crippen molar-refractivity contribution in [1.82, 2.24) is 0 Å². The SMILES string of the molecule is CC(N)(COC(=O)CCCl)COC(=O)CCCl. The standard InChI is InChI=1S/C10H17Cl2NO4/c1-10(13,6-16-8(14)2-4-11)7-17-9(15)3-5-12/h2-7,13H2,1H3. The van der Waals surface area contributed by atoms with Gasteiger partial charge in [-0.15, -0.1) is 23.2 Å². The minimum absolute atomic E-state index is 0.0309. The Morgan fingerprint density at radius 1 is 1.06 bits per heavy atom. The number of carbonyl (C=O) groups is 2. The molecule has 0 radical (unpaired) electrons. The highest BCUT2D eigenvalue weighted by molar-refractivity contribution is 6.19. The average molecular weight is 286 g/mol. The van der Waals surface area contributed by atoms with Crippen molar-refractivity contribution in [3.63, 3.8) is 0 Å². The number of rotatable bonds is 8. The molecule has 100 valence electrons. The van der Waals surface area contributed by atoms with Crippen LogP contribution in [-0.4, -0.2) is 42.5 Å². The van der Waals surface area contributed by atoms with E-state index in [4.69, 9.17) is 38.4 Å². The summed E-state index contributed by atoms with van der Waals surface area (Å²) in [6, 6.07) is 0. The van der Waals surface area contributed by atoms with Gasteiger partial charge < -0.3 is 15.2 Å². The Kier molecular flexibility index (Phi) is 8.29. The zero-order valence-electron chi connectivity index (χ0n) is 9.71. The van der Waals surface area contributed by atoms with Crippen LogP contribution >= 0.6 is 23.2 Å². The molecular formula is C10H17Cl2NO4. The predicted molar refractivity (Wildman–Crippen MR) is 65.2 cm³/mol. The van der Waals surface area contributed by atoms with Gasteiger partial charge in [0.25, 0.3) is 0 Å². The van der Waals surface area contributed by atoms with Crippen LogP contribution in [0.1, 0.15) is 19.8 Å². The first-order valence-corrected chi connectivity index (χ1v) is 6.20. The second-order valence-corrected chi connectivity index (χ2v) is 4.61. The van der Waals surface area contributed by atoms with Crippen LogP contribution in [0, 0.1) is 0 Å². The van der Waals surface area contributed by atoms with Crippen LogP contribution in [0.25, 0.3) is 0 Å². The van der Waals surface area contributed by atoms with Gasteiger partial charge in [0, 0.05) is 11.8 Å². The van der Waals surface area contributed by atoms with E-state index in [9.17, 15) is 9.59 Å². The van der Waals surface area contributed by atoms with E-state index in [1.165, 1.54) is 0 Å². The number of nitrogens with two attached hydrogens (primary N) is 1. The molecule has 0 spiro atoms. The molecule has 0 amide bonds. The second kappa shape index (κ2) is 8.55. The quantitative estimate of drug-likeness (QED) is 0.533. The van der Waals surface area contributed by atoms with E-state index in [2.05, 4.69) is 0 Å². The summed E-state index contributed by atoms with van der Waals surface area (Å²) in [5, 5.41) is 0. The van der Waals surface area contributed by atoms with Gasteiger partial charge in [-0.3, -0.25) is 9.59 Å². The van der Waals surface area contributed by atoms with Crippen molar-refractivity contribution in [3.05, 3.63) is 0 Å². The summed E-state index contributed by atoms with van der Waals surface area (Å²) < 4.78 is 9.75. The molecule has 0 saturated heterocycles. The number of carbonyl (C=O) groups excluding carboxylic acids is 2. The molecular weight excluding hydrogens is 269 g/mol. The fraction of sp³-hybridized carbons (Fsp3) is 0.800. The van der Waals surface area contributed by atoms with E-state index in [1.807, 2.05) is 0 Å². The van der Waals surface area contributed by atoms with Gasteiger partial charge in [-0.1, -0.05) is 0 Å². The van der Waals surface area contributed by atoms with Crippen molar-refractivity contribution in [2.24, 2.45) is 5.73 Å². The molecule has 0 atom stereocenters. The van der Waals surface area contributed by atoms with Crippen molar-refractivity contribution in [3.8, 4) is 0 Å². The molecule has 0 aliphatic rings. The summed E-state index contributed by atoms with van der Waals surface area (Å²) in [5.41, 5.74) is 4.87. The maximum Gasteiger partial charge on any atom is 0.307 e. The molecule has 0 rings (SSSR count). The lowest BCUT2D eigenvalue weighted by Crippen LogP contribution is -2.47. The monoisotopic (exact) mass is 285 g/mol. The number of hydrogen-bond acceptors (Lipinski definition) is 5. The highest BCUT2D eigenvalue weighted by Gasteiger charge is 2.23. The molecule has 0 bridgehead atoms. The van der Waals surface area contributed by atoms with Gasteiger partial charge in [0.05, 0.1) is 18.4 Å². The highest BCUT2D eigenvalue weighted by atomic mass is 35.5. The molecule has 0 aliphatic heterocycles. The van der Waals surface area contributed by atoms with Gasteiger partial charge in [0.1, 0.15) is 13.2 Å². The van der Waals surface area contributed by atoms with Crippen LogP contribution in [-0.2, 0) is 19.1 Å². The van der Waals surface area contributed by atoms with E-state index >= 15 is 0 Å². The van der Waals surface area contributed by atoms with Crippen LogP contribution in [0.15, 0.2) is 0 Å². The average Bonchev–Trinajstić information content (AvgIpc) is 2.25. The Morgan fingerprint density at radius 2 is 1.41 bits per heavy atom. The number of alkyl halides is 2. The van der Waals surface area contributed by atoms with Crippen LogP contribution in [0.3, 0.4) is 0 Å². The Balaban J connectivity index is 3.86. The van der Waals surface area contributed by atoms with Crippen molar-refractivity contribution in [1.29, 1.82) is 0 Å². The summed E-state index contributed by atoms with van der Waals surface area (Å²) >= 11 is 10.7. The van der Waals surface area contributed by atoms with Crippen molar-refractivity contribution in [2.75, 3.05) is 25.0 Å². The van der Waals surface area contributed by atoms with Gasteiger partial charge in [0.15, 0.2) is 0 Å². The molecule has 0 aromatic rings. The Labute approximate surface area is 111 Å². The minimum atomic E-state index is -0.913. The molecule has 2 N–H and O–H groups in total. The first kappa shape index (κ1) is 16.5. The lowest BCUT2D eigenvalue weighted by molar-refractivity contribution is -0.149. The highest BCUT2D eigenvalue weighted by Crippen LogP contribution is 2.04. The van der Waals surface area contributed by atoms with Crippen molar-refractivity contribution < 1.29 is 19.1 Å². The molecule has 0 saturated carbocycles. The number of esters is 2. The van der Waals surface area contributed by atoms with Crippen LogP contribution in [0.5, 0.6) is 0 Å². The van der Waals surface area contributed by atoms with E-state index in [0.29, 0.717) is 0 Å². The molecule has 0 unspecified atom stereocenters. The molecule has 0 aliphatic carbocycles. The van der Waals surface area contributed by atoms with E-state index < -0.39 is 17.5 Å². The Hall–Kier alpha value is -0.520. The topological polar surface area (TPSA) is 78.6 Å². The molecule has 0 aromatic heterocycles. The van der Waals surface area contributed by atoms with Crippen LogP contribution in [0.2, 0.25) is 0 Å². The lowest BCUT2D eigenvalue weighted by atomic mass is 10.1. The third-order valence-electron chi connectivity index (χ3n) is 1.72. The zero-order valence-corrected chi connectivity index (χ0v) is 11.2. The first-order chi connectivity index (χ1) is 7.91. The largest absolute Gasteiger partial charge is 0.464 e. The summed E-state index contributed by atoms with van der Waals surface area (Å²) in [5.74, 6) is -0.456. The lowest BCUT2D eigenvalue weighted by Gasteiger charge is -2.23. The van der Waals surface area contributed by atoms with E-state index in [-0.39, 0.29) is 37.8 Å². The zero-order chi connectivity index (χ0) is 13.3. The molecule has 5 nitrogen and oxygen atoms in total. The maximum absolute atomic E-state index is 11.0. The predicted octanol–water partition coefficient (Wildman–Crippen LogP) is 1.05. The van der Waals surface area contributed by atoms with Gasteiger partial charge in [0.2, 0.25) is 0 Å². The van der Waals surface area contributed by atoms with Gasteiger partial charge in [-0.2, -0.15) is 0 Å². The first-order valence-electron chi connectivity index (χ1n) is 5.13. The maximum atomic E-state index is 11.0. The van der Waals surface area contributed by atoms with Crippen LogP contribution < -0.4 is 5.73 Å². The van der Waals surface area contributed by atoms with Crippen molar-refractivity contribution in [2.45, 2.75) is 25.3 Å². The Bertz CT molecular complexity index is 235. The van der Waals surface area contributed by atoms with E-state index in [1.54, 1.807) is 6.92 Å². The summed E-state index contributed by atoms with van der Waals surface area (Å²) in [7, 11) is 0. The minimum Gasteiger partial charge on any atom is -0.464 e. The second-order valence-electron chi connectivity index (χ2n) is 3.85. The third kappa shape index (κ3) is 9.21. The van der Waals surface area contributed by atoms with Gasteiger partial charge >= 0.3 is 11.9 Å². The fourth-order valence-electron chi connectivity index (χ4n) is 0.831. The van der Waals surface area contributed by atoms with Gasteiger partial charge in [-0.25, -0.2) is 0 Å².